The zero-order valence-electron chi connectivity index (χ0n) is 28.6. The Hall–Kier alpha value is -3.01. The summed E-state index contributed by atoms with van der Waals surface area (Å²) in [6.07, 6.45) is 4.23. The van der Waals surface area contributed by atoms with Crippen molar-refractivity contribution in [2.24, 2.45) is 5.92 Å². The van der Waals surface area contributed by atoms with E-state index in [4.69, 9.17) is 49.0 Å². The standard InChI is InChI=1S/C39H43Cl3N2O6/c1-37(2,3)50-36(46)43-14-11-38-12-15-44(22-24-9-10-24)33(39(38,47)13-16-43)18-26-17-28(35(45)49-34-30(41)19-27(40)20-31(34)42)32(21-29(26)38)48-23-25-7-5-4-6-8-25/h4-8,17,19-21,24,33,47H,9-16,18,22-23H2,1-3H3/t33-,38+,39-/m1/s1. The van der Waals surface area contributed by atoms with Gasteiger partial charge in [0, 0.05) is 36.1 Å². The lowest BCUT2D eigenvalue weighted by Gasteiger charge is -2.61. The van der Waals surface area contributed by atoms with E-state index in [9.17, 15) is 14.7 Å². The molecule has 2 aliphatic heterocycles. The smallest absolute Gasteiger partial charge is 0.410 e. The average Bonchev–Trinajstić information content (AvgIpc) is 3.89. The molecule has 8 nitrogen and oxygen atoms in total. The van der Waals surface area contributed by atoms with Crippen LogP contribution in [0.15, 0.2) is 54.6 Å². The van der Waals surface area contributed by atoms with Crippen LogP contribution in [0.4, 0.5) is 4.79 Å². The molecule has 3 aromatic carbocycles. The van der Waals surface area contributed by atoms with Gasteiger partial charge in [-0.2, -0.15) is 0 Å². The van der Waals surface area contributed by atoms with Crippen LogP contribution in [0.1, 0.15) is 79.9 Å². The molecular weight excluding hydrogens is 699 g/mol. The SMILES string of the molecule is CC(C)(C)OC(=O)N1CC[C@]23CCN(CC4CC4)[C@H](Cc4cc(C(=O)Oc5c(Cl)cc(Cl)cc5Cl)c(OCc5ccccc5)cc42)[C@]3(O)CC1. The molecule has 3 aromatic rings. The first kappa shape index (κ1) is 35.4. The summed E-state index contributed by atoms with van der Waals surface area (Å²) in [6, 6.07) is 16.3. The van der Waals surface area contributed by atoms with Gasteiger partial charge < -0.3 is 24.2 Å². The van der Waals surface area contributed by atoms with Crippen molar-refractivity contribution in [3.63, 3.8) is 0 Å². The second kappa shape index (κ2) is 13.5. The molecule has 266 valence electrons. The van der Waals surface area contributed by atoms with Gasteiger partial charge in [-0.15, -0.1) is 0 Å². The van der Waals surface area contributed by atoms with E-state index in [0.29, 0.717) is 55.5 Å². The number of esters is 1. The third kappa shape index (κ3) is 6.82. The lowest BCUT2D eigenvalue weighted by molar-refractivity contribution is -0.149. The zero-order chi connectivity index (χ0) is 35.4. The Bertz CT molecular complexity index is 1770. The van der Waals surface area contributed by atoms with E-state index in [1.54, 1.807) is 4.90 Å². The summed E-state index contributed by atoms with van der Waals surface area (Å²) < 4.78 is 18.1. The Kier molecular flexibility index (Phi) is 9.57. The molecule has 0 unspecified atom stereocenters. The molecule has 0 aromatic heterocycles. The molecule has 4 aliphatic rings. The molecule has 7 rings (SSSR count). The summed E-state index contributed by atoms with van der Waals surface area (Å²) in [4.78, 5) is 31.6. The summed E-state index contributed by atoms with van der Waals surface area (Å²) in [5, 5.41) is 13.6. The predicted octanol–water partition coefficient (Wildman–Crippen LogP) is 8.49. The predicted molar refractivity (Wildman–Crippen MR) is 194 cm³/mol. The third-order valence-electron chi connectivity index (χ3n) is 10.8. The van der Waals surface area contributed by atoms with Crippen LogP contribution in [0.2, 0.25) is 15.1 Å². The number of benzene rings is 3. The number of amides is 1. The number of fused-ring (bicyclic) bond motifs is 1. The van der Waals surface area contributed by atoms with Crippen molar-refractivity contribution < 1.29 is 28.9 Å². The van der Waals surface area contributed by atoms with Gasteiger partial charge in [-0.05, 0) is 113 Å². The zero-order valence-corrected chi connectivity index (χ0v) is 30.9. The number of aliphatic hydroxyl groups is 1. The molecule has 2 heterocycles. The first-order chi connectivity index (χ1) is 23.8. The third-order valence-corrected chi connectivity index (χ3v) is 11.6. The second-order valence-electron chi connectivity index (χ2n) is 15.2. The number of hydrogen-bond donors (Lipinski definition) is 1. The number of likely N-dealkylation sites (tertiary alicyclic amines) is 2. The van der Waals surface area contributed by atoms with E-state index >= 15 is 0 Å². The van der Waals surface area contributed by atoms with Crippen LogP contribution in [-0.4, -0.2) is 70.4 Å². The van der Waals surface area contributed by atoms with Crippen LogP contribution in [0.3, 0.4) is 0 Å². The van der Waals surface area contributed by atoms with Gasteiger partial charge in [0.15, 0.2) is 5.75 Å². The fourth-order valence-corrected chi connectivity index (χ4v) is 9.11. The molecule has 0 radical (unpaired) electrons. The molecule has 1 N–H and O–H groups in total. The van der Waals surface area contributed by atoms with Gasteiger partial charge in [0.2, 0.25) is 0 Å². The molecule has 50 heavy (non-hydrogen) atoms. The van der Waals surface area contributed by atoms with Gasteiger partial charge in [-0.3, -0.25) is 4.90 Å². The number of rotatable bonds is 7. The first-order valence-corrected chi connectivity index (χ1v) is 18.5. The van der Waals surface area contributed by atoms with Crippen molar-refractivity contribution in [2.75, 3.05) is 26.2 Å². The lowest BCUT2D eigenvalue weighted by atomic mass is 9.52. The Morgan fingerprint density at radius 1 is 0.940 bits per heavy atom. The van der Waals surface area contributed by atoms with E-state index in [2.05, 4.69) is 4.90 Å². The van der Waals surface area contributed by atoms with Crippen LogP contribution < -0.4 is 9.47 Å². The Morgan fingerprint density at radius 2 is 1.62 bits per heavy atom. The average molecular weight is 742 g/mol. The minimum atomic E-state index is -1.12. The van der Waals surface area contributed by atoms with E-state index in [-0.39, 0.29) is 40.1 Å². The summed E-state index contributed by atoms with van der Waals surface area (Å²) >= 11 is 19.0. The summed E-state index contributed by atoms with van der Waals surface area (Å²) in [5.41, 5.74) is 0.642. The quantitative estimate of drug-likeness (QED) is 0.192. The number of carbonyl (C=O) groups excluding carboxylic acids is 2. The highest BCUT2D eigenvalue weighted by molar-refractivity contribution is 6.40. The topological polar surface area (TPSA) is 88.5 Å². The highest BCUT2D eigenvalue weighted by Crippen LogP contribution is 2.57. The maximum absolute atomic E-state index is 14.0. The minimum absolute atomic E-state index is 0.0147. The van der Waals surface area contributed by atoms with Crippen LogP contribution in [0, 0.1) is 5.92 Å². The fourth-order valence-electron chi connectivity index (χ4n) is 8.21. The van der Waals surface area contributed by atoms with Crippen LogP contribution in [0.5, 0.6) is 11.5 Å². The molecule has 11 heteroatoms. The van der Waals surface area contributed by atoms with Crippen LogP contribution >= 0.6 is 34.8 Å². The van der Waals surface area contributed by atoms with Crippen molar-refractivity contribution in [2.45, 2.75) is 88.6 Å². The highest BCUT2D eigenvalue weighted by Gasteiger charge is 2.63. The Balaban J connectivity index is 1.31. The highest BCUT2D eigenvalue weighted by atomic mass is 35.5. The van der Waals surface area contributed by atoms with E-state index in [1.165, 1.54) is 25.0 Å². The Morgan fingerprint density at radius 3 is 2.30 bits per heavy atom. The van der Waals surface area contributed by atoms with E-state index in [1.807, 2.05) is 63.2 Å². The van der Waals surface area contributed by atoms with E-state index in [0.717, 1.165) is 29.8 Å². The molecule has 3 fully saturated rings. The monoisotopic (exact) mass is 740 g/mol. The number of piperidine rings is 1. The van der Waals surface area contributed by atoms with Crippen molar-refractivity contribution in [3.05, 3.63) is 91.9 Å². The molecule has 2 aliphatic carbocycles. The molecule has 2 saturated heterocycles. The first-order valence-electron chi connectivity index (χ1n) is 17.4. The van der Waals surface area contributed by atoms with Gasteiger partial charge >= 0.3 is 12.1 Å². The fraction of sp³-hybridized carbons (Fsp3) is 0.487. The molecule has 3 atom stereocenters. The molecule has 0 spiro atoms. The Labute approximate surface area is 308 Å². The number of nitrogens with zero attached hydrogens (tertiary/aromatic N) is 2. The van der Waals surface area contributed by atoms with Crippen LogP contribution in [-0.2, 0) is 23.2 Å². The van der Waals surface area contributed by atoms with Gasteiger partial charge in [-0.1, -0.05) is 65.1 Å². The summed E-state index contributed by atoms with van der Waals surface area (Å²) in [6.45, 7) is 8.39. The summed E-state index contributed by atoms with van der Waals surface area (Å²) in [5.74, 6) is 0.311. The molecular formula is C39H43Cl3N2O6. The lowest BCUT2D eigenvalue weighted by Crippen LogP contribution is -2.71. The largest absolute Gasteiger partial charge is 0.488 e. The molecule has 2 bridgehead atoms. The minimum Gasteiger partial charge on any atom is -0.488 e. The second-order valence-corrected chi connectivity index (χ2v) is 16.5. The number of halogens is 3. The normalized spacial score (nSPS) is 24.9. The summed E-state index contributed by atoms with van der Waals surface area (Å²) in [7, 11) is 0. The molecule has 1 saturated carbocycles. The number of carbonyl (C=O) groups is 2. The number of ether oxygens (including phenoxy) is 3. The van der Waals surface area contributed by atoms with Gasteiger partial charge in [0.1, 0.15) is 23.5 Å². The van der Waals surface area contributed by atoms with Crippen molar-refractivity contribution in [3.8, 4) is 11.5 Å². The van der Waals surface area contributed by atoms with Crippen LogP contribution in [0.25, 0.3) is 0 Å². The van der Waals surface area contributed by atoms with Gasteiger partial charge in [-0.25, -0.2) is 9.59 Å². The maximum Gasteiger partial charge on any atom is 0.410 e. The van der Waals surface area contributed by atoms with Crippen molar-refractivity contribution in [1.82, 2.24) is 9.80 Å². The van der Waals surface area contributed by atoms with Gasteiger partial charge in [0.05, 0.1) is 15.6 Å². The molecule has 1 amide bonds. The maximum atomic E-state index is 14.0. The van der Waals surface area contributed by atoms with E-state index < -0.39 is 22.6 Å². The van der Waals surface area contributed by atoms with Gasteiger partial charge in [0.25, 0.3) is 0 Å². The van der Waals surface area contributed by atoms with Crippen molar-refractivity contribution in [1.29, 1.82) is 0 Å². The number of hydrogen-bond acceptors (Lipinski definition) is 7. The van der Waals surface area contributed by atoms with Crippen molar-refractivity contribution >= 4 is 46.9 Å².